The fraction of sp³-hybridized carbons (Fsp3) is 0.474. The lowest BCUT2D eigenvalue weighted by Crippen LogP contribution is -2.47. The highest BCUT2D eigenvalue weighted by Gasteiger charge is 2.23. The number of halogens is 2. The van der Waals surface area contributed by atoms with E-state index in [0.29, 0.717) is 50.6 Å². The van der Waals surface area contributed by atoms with Gasteiger partial charge in [0.05, 0.1) is 30.8 Å². The number of hydrogen-bond acceptors (Lipinski definition) is 6. The van der Waals surface area contributed by atoms with Crippen LogP contribution in [0.3, 0.4) is 0 Å². The van der Waals surface area contributed by atoms with Gasteiger partial charge in [0.2, 0.25) is 5.91 Å². The molecular weight excluding hydrogens is 399 g/mol. The molecule has 154 valence electrons. The van der Waals surface area contributed by atoms with E-state index in [0.717, 1.165) is 16.9 Å². The van der Waals surface area contributed by atoms with Gasteiger partial charge in [-0.3, -0.25) is 9.79 Å². The number of hydrogen-bond donors (Lipinski definition) is 2. The zero-order chi connectivity index (χ0) is 20.4. The quantitative estimate of drug-likeness (QED) is 0.693. The molecule has 2 atom stereocenters. The van der Waals surface area contributed by atoms with E-state index in [1.165, 1.54) is 0 Å². The molecule has 0 aromatic carbocycles. The first-order valence-corrected chi connectivity index (χ1v) is 10.0. The van der Waals surface area contributed by atoms with Gasteiger partial charge in [0.15, 0.2) is 17.5 Å². The number of carbonyl (C=O) groups excluding carboxylic acids is 1. The third-order valence-electron chi connectivity index (χ3n) is 4.95. The lowest BCUT2D eigenvalue weighted by atomic mass is 10.2. The number of H-pyrrole nitrogens is 1. The third kappa shape index (κ3) is 4.25. The molecule has 0 radical (unpaired) electrons. The summed E-state index contributed by atoms with van der Waals surface area (Å²) in [4.78, 5) is 29.6. The standard InChI is InChI=1S/C19H22ClFN6O2/c1-2-16(28)27-3-4-29-12(10-27)7-23-19-15(21)9-25-18(26-19)14-8-24-17-13(14)5-11(20)6-22-17/h5,8-9,11-12H,2-4,6-7,10H2,1H3,(H,22,24)(H,23,25,26). The highest BCUT2D eigenvalue weighted by Crippen LogP contribution is 2.17. The number of nitrogens with zero attached hydrogens (tertiary/aromatic N) is 4. The molecule has 2 N–H and O–H groups in total. The fourth-order valence-electron chi connectivity index (χ4n) is 3.44. The third-order valence-corrected chi connectivity index (χ3v) is 5.21. The molecule has 2 unspecified atom stereocenters. The van der Waals surface area contributed by atoms with Gasteiger partial charge in [0, 0.05) is 43.0 Å². The predicted molar refractivity (Wildman–Crippen MR) is 107 cm³/mol. The molecule has 29 heavy (non-hydrogen) atoms. The summed E-state index contributed by atoms with van der Waals surface area (Å²) < 4.78 is 20.0. The highest BCUT2D eigenvalue weighted by atomic mass is 35.5. The molecule has 2 aromatic rings. The Kier molecular flexibility index (Phi) is 5.77. The van der Waals surface area contributed by atoms with Crippen LogP contribution in [0.4, 0.5) is 10.2 Å². The first kappa shape index (κ1) is 19.8. The van der Waals surface area contributed by atoms with Gasteiger partial charge in [-0.25, -0.2) is 14.4 Å². The molecule has 1 saturated heterocycles. The van der Waals surface area contributed by atoms with Crippen molar-refractivity contribution in [3.8, 4) is 11.4 Å². The van der Waals surface area contributed by atoms with Crippen LogP contribution in [0.15, 0.2) is 17.4 Å². The number of aromatic amines is 1. The Balaban J connectivity index is 1.51. The van der Waals surface area contributed by atoms with Gasteiger partial charge in [-0.1, -0.05) is 13.0 Å². The number of alkyl halides is 1. The van der Waals surface area contributed by atoms with E-state index < -0.39 is 5.82 Å². The van der Waals surface area contributed by atoms with E-state index in [4.69, 9.17) is 16.3 Å². The second-order valence-corrected chi connectivity index (χ2v) is 7.51. The van der Waals surface area contributed by atoms with Gasteiger partial charge in [0.25, 0.3) is 0 Å². The highest BCUT2D eigenvalue weighted by molar-refractivity contribution is 6.24. The number of amides is 1. The number of aromatic nitrogens is 3. The number of morpholine rings is 1. The lowest BCUT2D eigenvalue weighted by molar-refractivity contribution is -0.137. The Morgan fingerprint density at radius 1 is 1.52 bits per heavy atom. The number of fused-ring (bicyclic) bond motifs is 1. The smallest absolute Gasteiger partial charge is 0.222 e. The average molecular weight is 421 g/mol. The molecule has 0 bridgehead atoms. The van der Waals surface area contributed by atoms with E-state index >= 15 is 0 Å². The second kappa shape index (κ2) is 8.46. The molecule has 0 aliphatic carbocycles. The van der Waals surface area contributed by atoms with Crippen molar-refractivity contribution >= 4 is 29.4 Å². The van der Waals surface area contributed by atoms with Crippen LogP contribution in [-0.4, -0.2) is 70.0 Å². The van der Waals surface area contributed by atoms with E-state index in [9.17, 15) is 9.18 Å². The summed E-state index contributed by atoms with van der Waals surface area (Å²) in [5, 5.41) is 3.61. The Bertz CT molecular complexity index is 1030. The van der Waals surface area contributed by atoms with Crippen LogP contribution in [0.2, 0.25) is 0 Å². The Labute approximate surface area is 171 Å². The molecule has 0 spiro atoms. The van der Waals surface area contributed by atoms with Gasteiger partial charge in [-0.2, -0.15) is 0 Å². The van der Waals surface area contributed by atoms with Crippen LogP contribution in [0.25, 0.3) is 17.5 Å². The van der Waals surface area contributed by atoms with Gasteiger partial charge < -0.3 is 19.9 Å². The number of ether oxygens (including phenoxy) is 1. The molecule has 10 heteroatoms. The lowest BCUT2D eigenvalue weighted by Gasteiger charge is -2.33. The van der Waals surface area contributed by atoms with Crippen LogP contribution >= 0.6 is 11.6 Å². The SMILES string of the molecule is CCC(=O)N1CCOC(CNc2nc(-c3c[nH]c4c3=CC(Cl)CN=4)ncc2F)C1. The van der Waals surface area contributed by atoms with Gasteiger partial charge in [-0.15, -0.1) is 11.6 Å². The summed E-state index contributed by atoms with van der Waals surface area (Å²) in [7, 11) is 0. The fourth-order valence-corrected chi connectivity index (χ4v) is 3.64. The summed E-state index contributed by atoms with van der Waals surface area (Å²) in [5.74, 6) is -0.0109. The van der Waals surface area contributed by atoms with Crippen molar-refractivity contribution in [3.63, 3.8) is 0 Å². The normalized spacial score (nSPS) is 21.1. The molecule has 1 amide bonds. The zero-order valence-electron chi connectivity index (χ0n) is 16.0. The molecule has 2 aliphatic rings. The predicted octanol–water partition coefficient (Wildman–Crippen LogP) is 0.681. The molecule has 4 heterocycles. The Hall–Kier alpha value is -2.52. The van der Waals surface area contributed by atoms with Crippen LogP contribution < -0.4 is 16.0 Å². The van der Waals surface area contributed by atoms with Crippen molar-refractivity contribution < 1.29 is 13.9 Å². The van der Waals surface area contributed by atoms with Crippen molar-refractivity contribution in [1.82, 2.24) is 19.9 Å². The molecule has 2 aliphatic heterocycles. The maximum Gasteiger partial charge on any atom is 0.222 e. The summed E-state index contributed by atoms with van der Waals surface area (Å²) >= 11 is 6.18. The molecular formula is C19H22ClFN6O2. The van der Waals surface area contributed by atoms with Crippen LogP contribution in [0.1, 0.15) is 13.3 Å². The van der Waals surface area contributed by atoms with Crippen LogP contribution in [0, 0.1) is 5.82 Å². The van der Waals surface area contributed by atoms with Gasteiger partial charge >= 0.3 is 0 Å². The number of rotatable bonds is 5. The maximum atomic E-state index is 14.3. The Morgan fingerprint density at radius 2 is 2.38 bits per heavy atom. The summed E-state index contributed by atoms with van der Waals surface area (Å²) in [5.41, 5.74) is 1.43. The van der Waals surface area contributed by atoms with Crippen molar-refractivity contribution in [2.24, 2.45) is 4.99 Å². The molecule has 8 nitrogen and oxygen atoms in total. The first-order valence-electron chi connectivity index (χ1n) is 9.59. The summed E-state index contributed by atoms with van der Waals surface area (Å²) in [6, 6.07) is 0. The molecule has 4 rings (SSSR count). The number of nitrogens with one attached hydrogen (secondary N) is 2. The van der Waals surface area contributed by atoms with Crippen LogP contribution in [-0.2, 0) is 9.53 Å². The van der Waals surface area contributed by atoms with Gasteiger partial charge in [-0.05, 0) is 0 Å². The second-order valence-electron chi connectivity index (χ2n) is 6.95. The van der Waals surface area contributed by atoms with E-state index in [1.807, 2.05) is 13.0 Å². The van der Waals surface area contributed by atoms with Crippen molar-refractivity contribution in [2.75, 3.05) is 38.1 Å². The van der Waals surface area contributed by atoms with Gasteiger partial charge in [0.1, 0.15) is 5.49 Å². The van der Waals surface area contributed by atoms with E-state index in [2.05, 4.69) is 25.3 Å². The van der Waals surface area contributed by atoms with Crippen molar-refractivity contribution in [3.05, 3.63) is 28.9 Å². The largest absolute Gasteiger partial charge is 0.373 e. The summed E-state index contributed by atoms with van der Waals surface area (Å²) in [6.07, 6.45) is 5.00. The summed E-state index contributed by atoms with van der Waals surface area (Å²) in [6.45, 7) is 4.18. The monoisotopic (exact) mass is 420 g/mol. The van der Waals surface area contributed by atoms with E-state index in [-0.39, 0.29) is 23.2 Å². The van der Waals surface area contributed by atoms with Crippen molar-refractivity contribution in [2.45, 2.75) is 24.8 Å². The van der Waals surface area contributed by atoms with E-state index in [1.54, 1.807) is 11.1 Å². The van der Waals surface area contributed by atoms with Crippen LogP contribution in [0.5, 0.6) is 0 Å². The maximum absolute atomic E-state index is 14.3. The minimum atomic E-state index is -0.556. The number of anilines is 1. The zero-order valence-corrected chi connectivity index (χ0v) is 16.7. The van der Waals surface area contributed by atoms with Crippen molar-refractivity contribution in [1.29, 1.82) is 0 Å². The molecule has 1 fully saturated rings. The minimum Gasteiger partial charge on any atom is -0.373 e. The molecule has 0 saturated carbocycles. The first-order chi connectivity index (χ1) is 14.0. The minimum absolute atomic E-state index is 0.0858. The Morgan fingerprint density at radius 3 is 3.21 bits per heavy atom. The topological polar surface area (TPSA) is 95.5 Å². The molecule has 2 aromatic heterocycles. The average Bonchev–Trinajstić information content (AvgIpc) is 3.16. The number of carbonyl (C=O) groups is 1.